The summed E-state index contributed by atoms with van der Waals surface area (Å²) in [5.41, 5.74) is 1.45. The summed E-state index contributed by atoms with van der Waals surface area (Å²) in [6.45, 7) is 5.68. The number of rotatable bonds is 5. The van der Waals surface area contributed by atoms with E-state index in [1.807, 2.05) is 51.1 Å². The normalized spacial score (nSPS) is 12.4. The summed E-state index contributed by atoms with van der Waals surface area (Å²) in [7, 11) is 3.15. The van der Waals surface area contributed by atoms with Crippen LogP contribution in [0.5, 0.6) is 5.75 Å². The predicted molar refractivity (Wildman–Crippen MR) is 99.1 cm³/mol. The van der Waals surface area contributed by atoms with Crippen LogP contribution in [0.4, 0.5) is 0 Å². The van der Waals surface area contributed by atoms with Crippen LogP contribution in [-0.4, -0.2) is 25.8 Å². The summed E-state index contributed by atoms with van der Waals surface area (Å²) >= 11 is 0. The molecule has 25 heavy (non-hydrogen) atoms. The third kappa shape index (κ3) is 4.08. The third-order valence-corrected chi connectivity index (χ3v) is 4.18. The van der Waals surface area contributed by atoms with Gasteiger partial charge in [0.05, 0.1) is 13.0 Å². The van der Waals surface area contributed by atoms with Crippen LogP contribution >= 0.6 is 0 Å². The molecule has 4 nitrogen and oxygen atoms in total. The summed E-state index contributed by atoms with van der Waals surface area (Å²) in [6, 6.07) is 14.8. The van der Waals surface area contributed by atoms with E-state index in [0.717, 1.165) is 5.56 Å². The highest BCUT2D eigenvalue weighted by Gasteiger charge is 2.34. The Labute approximate surface area is 149 Å². The molecule has 0 fully saturated rings. The number of carbonyl (C=O) groups is 2. The van der Waals surface area contributed by atoms with Gasteiger partial charge >= 0.3 is 0 Å². The second kappa shape index (κ2) is 7.51. The highest BCUT2D eigenvalue weighted by atomic mass is 16.5. The maximum atomic E-state index is 13.3. The molecule has 1 N–H and O–H groups in total. The van der Waals surface area contributed by atoms with Crippen LogP contribution in [-0.2, 0) is 4.79 Å². The van der Waals surface area contributed by atoms with E-state index in [2.05, 4.69) is 5.32 Å². The van der Waals surface area contributed by atoms with E-state index in [-0.39, 0.29) is 11.7 Å². The van der Waals surface area contributed by atoms with Gasteiger partial charge in [0.2, 0.25) is 0 Å². The quantitative estimate of drug-likeness (QED) is 0.901. The molecule has 0 saturated carbocycles. The topological polar surface area (TPSA) is 55.4 Å². The zero-order valence-electron chi connectivity index (χ0n) is 15.4. The van der Waals surface area contributed by atoms with Gasteiger partial charge in [-0.3, -0.25) is 9.59 Å². The molecule has 0 radical (unpaired) electrons. The summed E-state index contributed by atoms with van der Waals surface area (Å²) in [5, 5.41) is 2.65. The molecule has 0 aliphatic carbocycles. The fourth-order valence-electron chi connectivity index (χ4n) is 2.80. The molecule has 2 aromatic rings. The van der Waals surface area contributed by atoms with Crippen molar-refractivity contribution in [3.63, 3.8) is 0 Å². The van der Waals surface area contributed by atoms with Crippen LogP contribution in [0.25, 0.3) is 0 Å². The summed E-state index contributed by atoms with van der Waals surface area (Å²) in [4.78, 5) is 25.6. The van der Waals surface area contributed by atoms with Gasteiger partial charge in [-0.1, -0.05) is 51.1 Å². The van der Waals surface area contributed by atoms with Gasteiger partial charge in [-0.25, -0.2) is 0 Å². The lowest BCUT2D eigenvalue weighted by molar-refractivity contribution is -0.126. The molecule has 0 aliphatic heterocycles. The first-order chi connectivity index (χ1) is 11.8. The Hall–Kier alpha value is -2.62. The Balaban J connectivity index is 2.73. The Morgan fingerprint density at radius 2 is 1.68 bits per heavy atom. The lowest BCUT2D eigenvalue weighted by atomic mass is 9.75. The number of benzene rings is 2. The van der Waals surface area contributed by atoms with Crippen molar-refractivity contribution in [3.8, 4) is 5.75 Å². The highest BCUT2D eigenvalue weighted by Crippen LogP contribution is 2.36. The predicted octanol–water partition coefficient (Wildman–Crippen LogP) is 3.80. The molecular weight excluding hydrogens is 314 g/mol. The zero-order chi connectivity index (χ0) is 18.6. The molecule has 4 heteroatoms. The number of carbonyl (C=O) groups excluding carboxylic acids is 2. The van der Waals surface area contributed by atoms with Crippen molar-refractivity contribution in [1.82, 2.24) is 5.32 Å². The van der Waals surface area contributed by atoms with Crippen molar-refractivity contribution in [2.75, 3.05) is 14.2 Å². The van der Waals surface area contributed by atoms with E-state index in [1.165, 1.54) is 0 Å². The zero-order valence-corrected chi connectivity index (χ0v) is 15.4. The van der Waals surface area contributed by atoms with Crippen LogP contribution in [0.2, 0.25) is 0 Å². The summed E-state index contributed by atoms with van der Waals surface area (Å²) < 4.78 is 5.33. The second-order valence-corrected chi connectivity index (χ2v) is 6.99. The number of ether oxygens (including phenoxy) is 1. The fraction of sp³-hybridized carbons (Fsp3) is 0.333. The van der Waals surface area contributed by atoms with E-state index in [1.54, 1.807) is 32.4 Å². The summed E-state index contributed by atoms with van der Waals surface area (Å²) in [6.07, 6.45) is 0. The van der Waals surface area contributed by atoms with Crippen molar-refractivity contribution >= 4 is 11.7 Å². The molecule has 2 rings (SSSR count). The maximum Gasteiger partial charge on any atom is 0.251 e. The van der Waals surface area contributed by atoms with Crippen molar-refractivity contribution < 1.29 is 14.3 Å². The van der Waals surface area contributed by atoms with Gasteiger partial charge in [-0.2, -0.15) is 0 Å². The number of amides is 1. The van der Waals surface area contributed by atoms with E-state index in [4.69, 9.17) is 4.74 Å². The monoisotopic (exact) mass is 339 g/mol. The van der Waals surface area contributed by atoms with Crippen LogP contribution in [0, 0.1) is 5.41 Å². The first kappa shape index (κ1) is 18.7. The standard InChI is InChI=1S/C21H25NO3/c1-21(2,3)19(23)18(14-9-7-6-8-10-14)17-13-15(25-5)11-12-16(17)20(24)22-4/h6-13,18H,1-5H3,(H,22,24)/t18-/m0/s1. The van der Waals surface area contributed by atoms with Crippen LogP contribution < -0.4 is 10.1 Å². The fourth-order valence-corrected chi connectivity index (χ4v) is 2.80. The van der Waals surface area contributed by atoms with Gasteiger partial charge in [0.25, 0.3) is 5.91 Å². The van der Waals surface area contributed by atoms with Gasteiger partial charge in [-0.15, -0.1) is 0 Å². The van der Waals surface area contributed by atoms with Gasteiger partial charge in [-0.05, 0) is 29.3 Å². The minimum Gasteiger partial charge on any atom is -0.497 e. The molecule has 0 heterocycles. The maximum absolute atomic E-state index is 13.3. The molecule has 1 atom stereocenters. The van der Waals surface area contributed by atoms with E-state index < -0.39 is 11.3 Å². The number of hydrogen-bond donors (Lipinski definition) is 1. The van der Waals surface area contributed by atoms with E-state index in [0.29, 0.717) is 16.9 Å². The molecule has 2 aromatic carbocycles. The average Bonchev–Trinajstić information content (AvgIpc) is 2.61. The molecule has 1 amide bonds. The molecule has 0 aromatic heterocycles. The van der Waals surface area contributed by atoms with Crippen LogP contribution in [0.15, 0.2) is 48.5 Å². The molecule has 0 spiro atoms. The summed E-state index contributed by atoms with van der Waals surface area (Å²) in [5.74, 6) is -0.0914. The molecule has 132 valence electrons. The molecule has 0 saturated heterocycles. The Kier molecular flexibility index (Phi) is 5.62. The molecule has 0 aliphatic rings. The molecular formula is C21H25NO3. The smallest absolute Gasteiger partial charge is 0.251 e. The van der Waals surface area contributed by atoms with E-state index in [9.17, 15) is 9.59 Å². The lowest BCUT2D eigenvalue weighted by Crippen LogP contribution is -2.30. The molecule has 0 unspecified atom stereocenters. The van der Waals surface area contributed by atoms with E-state index >= 15 is 0 Å². The number of hydrogen-bond acceptors (Lipinski definition) is 3. The largest absolute Gasteiger partial charge is 0.497 e. The number of Topliss-reactive ketones (excluding diaryl/α,β-unsaturated/α-hetero) is 1. The second-order valence-electron chi connectivity index (χ2n) is 6.99. The Morgan fingerprint density at radius 3 is 2.20 bits per heavy atom. The molecule has 0 bridgehead atoms. The number of nitrogens with one attached hydrogen (secondary N) is 1. The SMILES string of the molecule is CNC(=O)c1ccc(OC)cc1[C@@H](C(=O)C(C)(C)C)c1ccccc1. The van der Waals surface area contributed by atoms with Gasteiger partial charge in [0, 0.05) is 18.0 Å². The van der Waals surface area contributed by atoms with Gasteiger partial charge < -0.3 is 10.1 Å². The number of methoxy groups -OCH3 is 1. The minimum absolute atomic E-state index is 0.0529. The third-order valence-electron chi connectivity index (χ3n) is 4.18. The van der Waals surface area contributed by atoms with Crippen LogP contribution in [0.1, 0.15) is 48.2 Å². The Morgan fingerprint density at radius 1 is 1.04 bits per heavy atom. The first-order valence-electron chi connectivity index (χ1n) is 8.29. The van der Waals surface area contributed by atoms with Crippen molar-refractivity contribution in [1.29, 1.82) is 0 Å². The highest BCUT2D eigenvalue weighted by molar-refractivity contribution is 6.00. The van der Waals surface area contributed by atoms with Crippen LogP contribution in [0.3, 0.4) is 0 Å². The van der Waals surface area contributed by atoms with Crippen molar-refractivity contribution in [2.24, 2.45) is 5.41 Å². The van der Waals surface area contributed by atoms with Crippen molar-refractivity contribution in [2.45, 2.75) is 26.7 Å². The van der Waals surface area contributed by atoms with Crippen molar-refractivity contribution in [3.05, 3.63) is 65.2 Å². The van der Waals surface area contributed by atoms with Gasteiger partial charge in [0.1, 0.15) is 11.5 Å². The van der Waals surface area contributed by atoms with Gasteiger partial charge in [0.15, 0.2) is 0 Å². The lowest BCUT2D eigenvalue weighted by Gasteiger charge is -2.27. The Bertz CT molecular complexity index is 760. The minimum atomic E-state index is -0.552. The average molecular weight is 339 g/mol. The first-order valence-corrected chi connectivity index (χ1v) is 8.29. The number of ketones is 1.